The molecule has 0 aliphatic rings. The number of ether oxygens (including phenoxy) is 1. The SMILES string of the molecule is COc1c(Br)cccc1-c1cc(=O)c2c(ccc3ccccc32)o1. The molecule has 3 nitrogen and oxygen atoms in total. The monoisotopic (exact) mass is 380 g/mol. The first-order valence-corrected chi connectivity index (χ1v) is 8.27. The number of halogens is 1. The van der Waals surface area contributed by atoms with Crippen molar-refractivity contribution in [2.75, 3.05) is 7.11 Å². The van der Waals surface area contributed by atoms with Crippen molar-refractivity contribution in [3.05, 3.63) is 75.4 Å². The van der Waals surface area contributed by atoms with Crippen molar-refractivity contribution in [3.8, 4) is 17.1 Å². The normalized spacial score (nSPS) is 11.1. The van der Waals surface area contributed by atoms with E-state index >= 15 is 0 Å². The van der Waals surface area contributed by atoms with Crippen LogP contribution in [0.15, 0.2) is 74.3 Å². The van der Waals surface area contributed by atoms with Crippen molar-refractivity contribution in [1.29, 1.82) is 0 Å². The maximum atomic E-state index is 12.8. The molecule has 1 aromatic heterocycles. The number of rotatable bonds is 2. The van der Waals surface area contributed by atoms with E-state index in [1.807, 2.05) is 54.6 Å². The molecule has 4 heteroatoms. The summed E-state index contributed by atoms with van der Waals surface area (Å²) in [5.41, 5.74) is 1.24. The molecule has 0 amide bonds. The first-order valence-electron chi connectivity index (χ1n) is 7.47. The zero-order valence-corrected chi connectivity index (χ0v) is 14.5. The van der Waals surface area contributed by atoms with Gasteiger partial charge in [0.2, 0.25) is 0 Å². The van der Waals surface area contributed by atoms with Gasteiger partial charge in [0, 0.05) is 6.07 Å². The average Bonchev–Trinajstić information content (AvgIpc) is 2.61. The topological polar surface area (TPSA) is 39.4 Å². The number of fused-ring (bicyclic) bond motifs is 3. The number of hydrogen-bond acceptors (Lipinski definition) is 3. The van der Waals surface area contributed by atoms with Gasteiger partial charge in [0.1, 0.15) is 17.1 Å². The van der Waals surface area contributed by atoms with Gasteiger partial charge in [-0.3, -0.25) is 4.79 Å². The fourth-order valence-corrected chi connectivity index (χ4v) is 3.50. The summed E-state index contributed by atoms with van der Waals surface area (Å²) in [7, 11) is 1.59. The quantitative estimate of drug-likeness (QED) is 0.438. The van der Waals surface area contributed by atoms with Crippen molar-refractivity contribution in [1.82, 2.24) is 0 Å². The van der Waals surface area contributed by atoms with E-state index in [1.165, 1.54) is 6.07 Å². The molecule has 0 saturated carbocycles. The Morgan fingerprint density at radius 1 is 1.00 bits per heavy atom. The van der Waals surface area contributed by atoms with E-state index in [-0.39, 0.29) is 5.43 Å². The van der Waals surface area contributed by atoms with Gasteiger partial charge in [-0.15, -0.1) is 0 Å². The van der Waals surface area contributed by atoms with E-state index in [2.05, 4.69) is 15.9 Å². The van der Waals surface area contributed by atoms with E-state index in [0.717, 1.165) is 20.8 Å². The highest BCUT2D eigenvalue weighted by Crippen LogP contribution is 2.37. The van der Waals surface area contributed by atoms with Crippen molar-refractivity contribution >= 4 is 37.7 Å². The van der Waals surface area contributed by atoms with Gasteiger partial charge in [-0.1, -0.05) is 36.4 Å². The van der Waals surface area contributed by atoms with Gasteiger partial charge in [0.15, 0.2) is 5.43 Å². The summed E-state index contributed by atoms with van der Waals surface area (Å²) in [5.74, 6) is 1.13. The fourth-order valence-electron chi connectivity index (χ4n) is 2.97. The standard InChI is InChI=1S/C20H13BrO3/c1-23-20-14(7-4-8-15(20)21)18-11-16(22)19-13-6-3-2-5-12(13)9-10-17(19)24-18/h2-11H,1H3. The molecule has 0 radical (unpaired) electrons. The summed E-state index contributed by atoms with van der Waals surface area (Å²) in [5, 5.41) is 2.52. The Hall–Kier alpha value is -2.59. The molecule has 24 heavy (non-hydrogen) atoms. The second-order valence-electron chi connectivity index (χ2n) is 5.46. The molecule has 0 unspecified atom stereocenters. The molecule has 0 bridgehead atoms. The number of para-hydroxylation sites is 1. The Kier molecular flexibility index (Phi) is 3.62. The van der Waals surface area contributed by atoms with E-state index in [1.54, 1.807) is 7.11 Å². The largest absolute Gasteiger partial charge is 0.495 e. The van der Waals surface area contributed by atoms with Crippen LogP contribution in [0.2, 0.25) is 0 Å². The first kappa shape index (κ1) is 15.0. The summed E-state index contributed by atoms with van der Waals surface area (Å²) in [6.45, 7) is 0. The first-order chi connectivity index (χ1) is 11.7. The molecule has 0 atom stereocenters. The van der Waals surface area contributed by atoms with Gasteiger partial charge >= 0.3 is 0 Å². The number of methoxy groups -OCH3 is 1. The van der Waals surface area contributed by atoms with E-state index < -0.39 is 0 Å². The lowest BCUT2D eigenvalue weighted by Gasteiger charge is -2.10. The van der Waals surface area contributed by atoms with E-state index in [4.69, 9.17) is 9.15 Å². The van der Waals surface area contributed by atoms with Crippen LogP contribution in [0.25, 0.3) is 33.1 Å². The molecule has 0 spiro atoms. The van der Waals surface area contributed by atoms with Gasteiger partial charge < -0.3 is 9.15 Å². The predicted octanol–water partition coefficient (Wildman–Crippen LogP) is 5.38. The zero-order chi connectivity index (χ0) is 16.7. The minimum absolute atomic E-state index is 0.0647. The Morgan fingerprint density at radius 3 is 2.67 bits per heavy atom. The predicted molar refractivity (Wildman–Crippen MR) is 99.7 cm³/mol. The van der Waals surface area contributed by atoms with Crippen molar-refractivity contribution in [2.24, 2.45) is 0 Å². The smallest absolute Gasteiger partial charge is 0.193 e. The van der Waals surface area contributed by atoms with Crippen LogP contribution in [0.5, 0.6) is 5.75 Å². The van der Waals surface area contributed by atoms with Crippen molar-refractivity contribution in [2.45, 2.75) is 0 Å². The number of benzene rings is 3. The second-order valence-corrected chi connectivity index (χ2v) is 6.31. The zero-order valence-electron chi connectivity index (χ0n) is 12.9. The maximum Gasteiger partial charge on any atom is 0.193 e. The summed E-state index contributed by atoms with van der Waals surface area (Å²) < 4.78 is 12.3. The lowest BCUT2D eigenvalue weighted by molar-refractivity contribution is 0.412. The van der Waals surface area contributed by atoms with Crippen LogP contribution in [0, 0.1) is 0 Å². The fraction of sp³-hybridized carbons (Fsp3) is 0.0500. The molecule has 0 aliphatic heterocycles. The van der Waals surface area contributed by atoms with Gasteiger partial charge in [0.05, 0.1) is 22.5 Å². The molecule has 0 N–H and O–H groups in total. The summed E-state index contributed by atoms with van der Waals surface area (Å²) in [6, 6.07) is 18.8. The molecule has 118 valence electrons. The van der Waals surface area contributed by atoms with Crippen LogP contribution in [-0.2, 0) is 0 Å². The van der Waals surface area contributed by atoms with Gasteiger partial charge in [-0.05, 0) is 44.9 Å². The van der Waals surface area contributed by atoms with Gasteiger partial charge in [-0.25, -0.2) is 0 Å². The molecule has 4 rings (SSSR count). The Labute approximate surface area is 146 Å². The summed E-state index contributed by atoms with van der Waals surface area (Å²) in [4.78, 5) is 12.8. The van der Waals surface area contributed by atoms with Crippen LogP contribution in [0.1, 0.15) is 0 Å². The Morgan fingerprint density at radius 2 is 1.83 bits per heavy atom. The molecule has 3 aromatic carbocycles. The van der Waals surface area contributed by atoms with Crippen molar-refractivity contribution < 1.29 is 9.15 Å². The average molecular weight is 381 g/mol. The molecule has 0 saturated heterocycles. The summed E-state index contributed by atoms with van der Waals surface area (Å²) in [6.07, 6.45) is 0. The molecule has 1 heterocycles. The second kappa shape index (κ2) is 5.80. The van der Waals surface area contributed by atoms with Crippen LogP contribution in [0.3, 0.4) is 0 Å². The lowest BCUT2D eigenvalue weighted by atomic mass is 10.0. The molecule has 0 aliphatic carbocycles. The van der Waals surface area contributed by atoms with Gasteiger partial charge in [-0.2, -0.15) is 0 Å². The van der Waals surface area contributed by atoms with Crippen molar-refractivity contribution in [3.63, 3.8) is 0 Å². The highest BCUT2D eigenvalue weighted by molar-refractivity contribution is 9.10. The third kappa shape index (κ3) is 2.31. The highest BCUT2D eigenvalue weighted by Gasteiger charge is 2.14. The molecule has 4 aromatic rings. The third-order valence-electron chi connectivity index (χ3n) is 4.06. The van der Waals surface area contributed by atoms with E-state index in [9.17, 15) is 4.79 Å². The maximum absolute atomic E-state index is 12.8. The minimum atomic E-state index is -0.0647. The summed E-state index contributed by atoms with van der Waals surface area (Å²) >= 11 is 3.46. The van der Waals surface area contributed by atoms with Crippen LogP contribution < -0.4 is 10.2 Å². The Balaban J connectivity index is 2.05. The molecule has 0 fully saturated rings. The Bertz CT molecular complexity index is 1130. The third-order valence-corrected chi connectivity index (χ3v) is 4.68. The van der Waals surface area contributed by atoms with E-state index in [0.29, 0.717) is 22.5 Å². The molecular weight excluding hydrogens is 368 g/mol. The highest BCUT2D eigenvalue weighted by atomic mass is 79.9. The van der Waals surface area contributed by atoms with Crippen LogP contribution >= 0.6 is 15.9 Å². The van der Waals surface area contributed by atoms with Gasteiger partial charge in [0.25, 0.3) is 0 Å². The minimum Gasteiger partial charge on any atom is -0.495 e. The lowest BCUT2D eigenvalue weighted by Crippen LogP contribution is -2.01. The number of hydrogen-bond donors (Lipinski definition) is 0. The van der Waals surface area contributed by atoms with Crippen LogP contribution in [-0.4, -0.2) is 7.11 Å². The molecular formula is C20H13BrO3. The van der Waals surface area contributed by atoms with Crippen LogP contribution in [0.4, 0.5) is 0 Å².